The van der Waals surface area contributed by atoms with Gasteiger partial charge in [0, 0.05) is 24.1 Å². The van der Waals surface area contributed by atoms with Crippen molar-refractivity contribution >= 4 is 34.9 Å². The maximum Gasteiger partial charge on any atom is 0.490 e. The minimum atomic E-state index is -5.08. The quantitative estimate of drug-likeness (QED) is 0.281. The Hall–Kier alpha value is -3.16. The number of ketones is 1. The van der Waals surface area contributed by atoms with Crippen molar-refractivity contribution < 1.29 is 50.9 Å². The molecule has 2 aliphatic heterocycles. The van der Waals surface area contributed by atoms with Crippen LogP contribution in [0, 0.1) is 28.8 Å². The summed E-state index contributed by atoms with van der Waals surface area (Å²) in [5.41, 5.74) is -2.35. The number of fused-ring (bicyclic) bond motifs is 2. The molecule has 1 saturated heterocycles. The number of carbonyl (C=O) groups is 3. The maximum absolute atomic E-state index is 15.5. The van der Waals surface area contributed by atoms with Crippen molar-refractivity contribution in [1.29, 1.82) is 0 Å². The van der Waals surface area contributed by atoms with Crippen molar-refractivity contribution in [3.05, 3.63) is 63.9 Å². The molecule has 4 N–H and O–H groups in total. The van der Waals surface area contributed by atoms with Gasteiger partial charge in [0.25, 0.3) is 0 Å². The number of benzene rings is 2. The predicted molar refractivity (Wildman–Crippen MR) is 152 cm³/mol. The molecule has 5 rings (SSSR count). The summed E-state index contributed by atoms with van der Waals surface area (Å²) in [5, 5.41) is 23.2. The van der Waals surface area contributed by atoms with E-state index in [9.17, 15) is 36.6 Å². The molecule has 0 radical (unpaired) electrons. The zero-order valence-corrected chi connectivity index (χ0v) is 25.5. The van der Waals surface area contributed by atoms with Crippen molar-refractivity contribution in [1.82, 2.24) is 5.32 Å². The zero-order valence-electron chi connectivity index (χ0n) is 24.8. The fourth-order valence-electron chi connectivity index (χ4n) is 6.96. The van der Waals surface area contributed by atoms with E-state index in [0.29, 0.717) is 19.3 Å². The molecule has 1 aliphatic carbocycles. The van der Waals surface area contributed by atoms with Gasteiger partial charge in [-0.05, 0) is 66.8 Å². The summed E-state index contributed by atoms with van der Waals surface area (Å²) in [6.45, 7) is 7.63. The Balaban J connectivity index is 0.000000591. The highest BCUT2D eigenvalue weighted by atomic mass is 35.5. The Bertz CT molecular complexity index is 1520. The largest absolute Gasteiger partial charge is 0.490 e. The molecule has 45 heavy (non-hydrogen) atoms. The maximum atomic E-state index is 15.5. The van der Waals surface area contributed by atoms with E-state index in [0.717, 1.165) is 6.07 Å². The van der Waals surface area contributed by atoms with Gasteiger partial charge in [-0.3, -0.25) is 9.59 Å². The third-order valence-electron chi connectivity index (χ3n) is 8.55. The van der Waals surface area contributed by atoms with Gasteiger partial charge in [0.15, 0.2) is 17.4 Å². The van der Waals surface area contributed by atoms with E-state index >= 15 is 4.39 Å². The lowest BCUT2D eigenvalue weighted by atomic mass is 9.61. The molecule has 1 spiro atoms. The Kier molecular flexibility index (Phi) is 9.17. The molecule has 1 amide bonds. The number of halogens is 7. The second kappa shape index (κ2) is 11.9. The Morgan fingerprint density at radius 1 is 1.07 bits per heavy atom. The molecule has 0 unspecified atom stereocenters. The third-order valence-corrected chi connectivity index (χ3v) is 8.84. The smallest absolute Gasteiger partial charge is 0.475 e. The highest BCUT2D eigenvalue weighted by Gasteiger charge is 2.66. The van der Waals surface area contributed by atoms with Gasteiger partial charge in [0.2, 0.25) is 5.91 Å². The fraction of sp³-hybridized carbons (Fsp3) is 0.516. The average molecular weight is 663 g/mol. The van der Waals surface area contributed by atoms with Gasteiger partial charge in [0.1, 0.15) is 11.2 Å². The molecule has 2 fully saturated rings. The molecule has 2 aromatic rings. The molecule has 3 aliphatic rings. The molecular formula is C31H33ClF6N2O5. The molecule has 246 valence electrons. The van der Waals surface area contributed by atoms with Crippen LogP contribution < -0.4 is 10.6 Å². The number of hydrogen-bond acceptors (Lipinski definition) is 5. The highest BCUT2D eigenvalue weighted by molar-refractivity contribution is 6.31. The van der Waals surface area contributed by atoms with Crippen LogP contribution in [0.4, 0.5) is 32.0 Å². The van der Waals surface area contributed by atoms with Crippen LogP contribution in [0.25, 0.3) is 0 Å². The van der Waals surface area contributed by atoms with E-state index in [1.54, 1.807) is 6.92 Å². The van der Waals surface area contributed by atoms with Gasteiger partial charge >= 0.3 is 12.1 Å². The van der Waals surface area contributed by atoms with Gasteiger partial charge in [-0.15, -0.1) is 0 Å². The summed E-state index contributed by atoms with van der Waals surface area (Å²) >= 11 is 6.03. The van der Waals surface area contributed by atoms with E-state index in [2.05, 4.69) is 10.6 Å². The molecular weight excluding hydrogens is 630 g/mol. The van der Waals surface area contributed by atoms with Crippen LogP contribution >= 0.6 is 11.6 Å². The lowest BCUT2D eigenvalue weighted by molar-refractivity contribution is -0.192. The molecule has 0 bridgehead atoms. The number of aliphatic carboxylic acids is 1. The first kappa shape index (κ1) is 34.7. The number of aliphatic hydroxyl groups is 1. The van der Waals surface area contributed by atoms with Crippen LogP contribution in [-0.2, 0) is 19.8 Å². The molecule has 2 aromatic carbocycles. The van der Waals surface area contributed by atoms with Gasteiger partial charge in [-0.25, -0.2) is 18.0 Å². The van der Waals surface area contributed by atoms with Crippen LogP contribution in [0.15, 0.2) is 30.3 Å². The second-order valence-corrected chi connectivity index (χ2v) is 13.9. The molecule has 1 saturated carbocycles. The zero-order chi connectivity index (χ0) is 33.9. The number of carbonyl (C=O) groups excluding carboxylic acids is 2. The number of Topliss-reactive ketones (excluding diaryl/α,β-unsaturated/α-hetero) is 1. The van der Waals surface area contributed by atoms with E-state index in [1.165, 1.54) is 24.3 Å². The number of carboxylic acids is 1. The Morgan fingerprint density at radius 3 is 2.20 bits per heavy atom. The highest BCUT2D eigenvalue weighted by Crippen LogP contribution is 2.57. The van der Waals surface area contributed by atoms with Crippen molar-refractivity contribution in [2.75, 3.05) is 5.32 Å². The van der Waals surface area contributed by atoms with Crippen LogP contribution in [0.1, 0.15) is 70.4 Å². The van der Waals surface area contributed by atoms with Crippen molar-refractivity contribution in [2.24, 2.45) is 11.3 Å². The van der Waals surface area contributed by atoms with Crippen LogP contribution in [0.5, 0.6) is 0 Å². The summed E-state index contributed by atoms with van der Waals surface area (Å²) < 4.78 is 76.7. The Morgan fingerprint density at radius 2 is 1.67 bits per heavy atom. The molecule has 4 atom stereocenters. The summed E-state index contributed by atoms with van der Waals surface area (Å²) in [4.78, 5) is 36.8. The summed E-state index contributed by atoms with van der Waals surface area (Å²) in [7, 11) is 0. The summed E-state index contributed by atoms with van der Waals surface area (Å²) in [6.07, 6.45) is -3.68. The van der Waals surface area contributed by atoms with Crippen LogP contribution in [0.2, 0.25) is 5.02 Å². The molecule has 2 heterocycles. The van der Waals surface area contributed by atoms with Crippen molar-refractivity contribution in [2.45, 2.75) is 88.6 Å². The van der Waals surface area contributed by atoms with E-state index < -0.39 is 64.5 Å². The number of hydrogen-bond donors (Lipinski definition) is 4. The van der Waals surface area contributed by atoms with Crippen LogP contribution in [-0.4, -0.2) is 51.7 Å². The molecule has 0 aromatic heterocycles. The first-order valence-corrected chi connectivity index (χ1v) is 14.5. The van der Waals surface area contributed by atoms with Crippen molar-refractivity contribution in [3.63, 3.8) is 0 Å². The topological polar surface area (TPSA) is 116 Å². The van der Waals surface area contributed by atoms with Crippen LogP contribution in [0.3, 0.4) is 0 Å². The number of rotatable bonds is 5. The molecule has 14 heteroatoms. The number of anilines is 1. The fourth-order valence-corrected chi connectivity index (χ4v) is 7.12. The first-order chi connectivity index (χ1) is 20.6. The third kappa shape index (κ3) is 6.71. The van der Waals surface area contributed by atoms with E-state index in [4.69, 9.17) is 21.5 Å². The number of alkyl halides is 3. The number of amides is 1. The van der Waals surface area contributed by atoms with Gasteiger partial charge in [0.05, 0.1) is 16.7 Å². The van der Waals surface area contributed by atoms with Gasteiger partial charge in [-0.1, -0.05) is 44.5 Å². The molecule has 7 nitrogen and oxygen atoms in total. The minimum Gasteiger partial charge on any atom is -0.475 e. The number of nitrogens with one attached hydrogen (secondary N) is 2. The second-order valence-electron chi connectivity index (χ2n) is 13.5. The van der Waals surface area contributed by atoms with E-state index in [1.807, 2.05) is 20.8 Å². The Labute approximate surface area is 260 Å². The van der Waals surface area contributed by atoms with Gasteiger partial charge in [-0.2, -0.15) is 13.2 Å². The first-order valence-electron chi connectivity index (χ1n) is 14.1. The average Bonchev–Trinajstić information content (AvgIpc) is 3.34. The SMILES string of the molecule is CC(C)(C)C[C@@H]1N[C@@H](C(=O)CC2CC(C)(O)C2)[C@H](c2cccc(F)c2F)[C@]12C(=O)Nc1cc(Cl)c(F)cc12.O=C(O)C(F)(F)F. The van der Waals surface area contributed by atoms with E-state index in [-0.39, 0.29) is 45.4 Å². The predicted octanol–water partition coefficient (Wildman–Crippen LogP) is 6.26. The number of carboxylic acid groups (broad SMARTS) is 1. The minimum absolute atomic E-state index is 0.0594. The summed E-state index contributed by atoms with van der Waals surface area (Å²) in [6, 6.07) is 4.47. The lowest BCUT2D eigenvalue weighted by Gasteiger charge is -2.41. The van der Waals surface area contributed by atoms with Gasteiger partial charge < -0.3 is 20.8 Å². The summed E-state index contributed by atoms with van der Waals surface area (Å²) in [5.74, 6) is -7.74. The monoisotopic (exact) mass is 662 g/mol. The standard InChI is InChI=1S/C29H32ClF3N2O3.C2HF3O2/c1-27(2,3)13-22-29(16-9-19(32)17(30)10-20(16)34-26(29)37)23(15-6-5-7-18(31)24(15)33)25(35-22)21(36)8-14-11-28(4,38)12-14;3-2(4,5)1(6)7/h5-7,9-10,14,22-23,25,35,38H,8,11-13H2,1-4H3,(H,34,37);(H,6,7)/t14?,22-,23-,25-,28?,29+;/m0./s1. The normalized spacial score (nSPS) is 29.0. The lowest BCUT2D eigenvalue weighted by Crippen LogP contribution is -2.49. The van der Waals surface area contributed by atoms with Crippen molar-refractivity contribution in [3.8, 4) is 0 Å².